The first-order valence-electron chi connectivity index (χ1n) is 8.05. The minimum atomic E-state index is 0.693. The molecule has 0 saturated carbocycles. The maximum Gasteiger partial charge on any atom is 0.298 e. The van der Waals surface area contributed by atoms with Crippen molar-refractivity contribution in [3.8, 4) is 0 Å². The number of nitrogens with zero attached hydrogens (tertiary/aromatic N) is 3. The van der Waals surface area contributed by atoms with Crippen LogP contribution in [0.2, 0.25) is 0 Å². The largest absolute Gasteiger partial charge is 0.423 e. The van der Waals surface area contributed by atoms with E-state index in [2.05, 4.69) is 55.0 Å². The number of oxazole rings is 1. The van der Waals surface area contributed by atoms with Gasteiger partial charge in [-0.1, -0.05) is 28.1 Å². The van der Waals surface area contributed by atoms with Crippen molar-refractivity contribution in [1.29, 1.82) is 0 Å². The van der Waals surface area contributed by atoms with E-state index in [9.17, 15) is 0 Å². The molecule has 1 aliphatic heterocycles. The van der Waals surface area contributed by atoms with Crippen LogP contribution in [0.15, 0.2) is 51.4 Å². The number of halogens is 1. The Morgan fingerprint density at radius 2 is 1.79 bits per heavy atom. The van der Waals surface area contributed by atoms with E-state index in [-0.39, 0.29) is 0 Å². The zero-order valence-corrected chi connectivity index (χ0v) is 14.9. The third kappa shape index (κ3) is 3.25. The minimum absolute atomic E-state index is 0.693. The lowest BCUT2D eigenvalue weighted by atomic mass is 10.2. The fourth-order valence-corrected chi connectivity index (χ4v) is 3.28. The molecule has 3 aromatic rings. The Bertz CT molecular complexity index is 838. The van der Waals surface area contributed by atoms with Gasteiger partial charge >= 0.3 is 0 Å². The van der Waals surface area contributed by atoms with Crippen molar-refractivity contribution in [2.24, 2.45) is 0 Å². The summed E-state index contributed by atoms with van der Waals surface area (Å²) in [6.07, 6.45) is 0. The Labute approximate surface area is 149 Å². The highest BCUT2D eigenvalue weighted by Gasteiger charge is 2.21. The van der Waals surface area contributed by atoms with Gasteiger partial charge in [-0.3, -0.25) is 4.90 Å². The first kappa shape index (κ1) is 15.5. The number of nitrogens with two attached hydrogens (primary N) is 1. The van der Waals surface area contributed by atoms with Gasteiger partial charge in [-0.25, -0.2) is 0 Å². The summed E-state index contributed by atoms with van der Waals surface area (Å²) >= 11 is 3.48. The monoisotopic (exact) mass is 386 g/mol. The molecule has 0 atom stereocenters. The topological polar surface area (TPSA) is 58.5 Å². The highest BCUT2D eigenvalue weighted by Crippen LogP contribution is 2.24. The second kappa shape index (κ2) is 6.45. The molecule has 1 saturated heterocycles. The van der Waals surface area contributed by atoms with Crippen LogP contribution in [0.25, 0.3) is 11.1 Å². The number of fused-ring (bicyclic) bond motifs is 1. The molecule has 2 heterocycles. The second-order valence-corrected chi connectivity index (χ2v) is 7.03. The summed E-state index contributed by atoms with van der Waals surface area (Å²) in [6, 6.07) is 14.8. The number of aromatic nitrogens is 1. The van der Waals surface area contributed by atoms with Crippen LogP contribution in [-0.2, 0) is 6.54 Å². The molecule has 1 aliphatic rings. The average Bonchev–Trinajstić information content (AvgIpc) is 3.01. The smallest absolute Gasteiger partial charge is 0.298 e. The van der Waals surface area contributed by atoms with Gasteiger partial charge in [0.2, 0.25) is 0 Å². The molecule has 1 fully saturated rings. The van der Waals surface area contributed by atoms with Crippen molar-refractivity contribution in [3.63, 3.8) is 0 Å². The Kier molecular flexibility index (Phi) is 4.16. The van der Waals surface area contributed by atoms with Gasteiger partial charge in [0.25, 0.3) is 6.01 Å². The molecule has 2 N–H and O–H groups in total. The molecule has 0 amide bonds. The lowest BCUT2D eigenvalue weighted by molar-refractivity contribution is 0.245. The first-order chi connectivity index (χ1) is 11.7. The predicted molar refractivity (Wildman–Crippen MR) is 100 cm³/mol. The standard InChI is InChI=1S/C18H19BrN4O/c19-14-3-1-13(2-4-14)12-22-7-9-23(10-8-22)18-21-16-11-15(20)5-6-17(16)24-18/h1-6,11H,7-10,12,20H2. The SMILES string of the molecule is Nc1ccc2oc(N3CCN(Cc4ccc(Br)cc4)CC3)nc2c1. The molecular formula is C18H19BrN4O. The van der Waals surface area contributed by atoms with Crippen LogP contribution in [0, 0.1) is 0 Å². The van der Waals surface area contributed by atoms with E-state index in [1.54, 1.807) is 0 Å². The van der Waals surface area contributed by atoms with Crippen LogP contribution in [0.4, 0.5) is 11.7 Å². The van der Waals surface area contributed by atoms with E-state index >= 15 is 0 Å². The summed E-state index contributed by atoms with van der Waals surface area (Å²) in [4.78, 5) is 9.23. The van der Waals surface area contributed by atoms with Crippen LogP contribution in [0.1, 0.15) is 5.56 Å². The number of rotatable bonds is 3. The third-order valence-corrected chi connectivity index (χ3v) is 4.89. The molecule has 0 spiro atoms. The lowest BCUT2D eigenvalue weighted by Crippen LogP contribution is -2.46. The van der Waals surface area contributed by atoms with Crippen molar-refractivity contribution in [1.82, 2.24) is 9.88 Å². The Balaban J connectivity index is 1.40. The third-order valence-electron chi connectivity index (χ3n) is 4.36. The van der Waals surface area contributed by atoms with E-state index < -0.39 is 0 Å². The fraction of sp³-hybridized carbons (Fsp3) is 0.278. The van der Waals surface area contributed by atoms with Gasteiger partial charge in [0, 0.05) is 42.9 Å². The van der Waals surface area contributed by atoms with E-state index in [0.29, 0.717) is 11.7 Å². The summed E-state index contributed by atoms with van der Waals surface area (Å²) in [7, 11) is 0. The van der Waals surface area contributed by atoms with Crippen molar-refractivity contribution in [2.75, 3.05) is 36.8 Å². The predicted octanol–water partition coefficient (Wildman–Crippen LogP) is 3.49. The zero-order chi connectivity index (χ0) is 16.5. The van der Waals surface area contributed by atoms with Crippen molar-refractivity contribution in [2.45, 2.75) is 6.54 Å². The van der Waals surface area contributed by atoms with Crippen LogP contribution in [0.3, 0.4) is 0 Å². The average molecular weight is 387 g/mol. The highest BCUT2D eigenvalue weighted by atomic mass is 79.9. The molecule has 4 rings (SSSR count). The Morgan fingerprint density at radius 3 is 2.54 bits per heavy atom. The lowest BCUT2D eigenvalue weighted by Gasteiger charge is -2.33. The molecule has 0 aliphatic carbocycles. The molecule has 2 aromatic carbocycles. The van der Waals surface area contributed by atoms with Gasteiger partial charge in [-0.05, 0) is 35.9 Å². The van der Waals surface area contributed by atoms with Gasteiger partial charge in [0.1, 0.15) is 5.52 Å². The zero-order valence-electron chi connectivity index (χ0n) is 13.3. The van der Waals surface area contributed by atoms with Gasteiger partial charge < -0.3 is 15.1 Å². The van der Waals surface area contributed by atoms with Crippen LogP contribution < -0.4 is 10.6 Å². The fourth-order valence-electron chi connectivity index (χ4n) is 3.01. The number of hydrogen-bond acceptors (Lipinski definition) is 5. The number of hydrogen-bond donors (Lipinski definition) is 1. The number of piperazine rings is 1. The normalized spacial score (nSPS) is 16.0. The molecule has 124 valence electrons. The Hall–Kier alpha value is -2.05. The second-order valence-electron chi connectivity index (χ2n) is 6.11. The molecule has 0 bridgehead atoms. The van der Waals surface area contributed by atoms with Gasteiger partial charge in [0.05, 0.1) is 0 Å². The number of benzene rings is 2. The van der Waals surface area contributed by atoms with Gasteiger partial charge in [-0.15, -0.1) is 0 Å². The molecule has 1 aromatic heterocycles. The molecular weight excluding hydrogens is 368 g/mol. The van der Waals surface area contributed by atoms with Crippen LogP contribution in [0.5, 0.6) is 0 Å². The summed E-state index contributed by atoms with van der Waals surface area (Å²) in [5, 5.41) is 0. The first-order valence-corrected chi connectivity index (χ1v) is 8.84. The van der Waals surface area contributed by atoms with E-state index in [1.807, 2.05) is 18.2 Å². The minimum Gasteiger partial charge on any atom is -0.423 e. The van der Waals surface area contributed by atoms with Gasteiger partial charge in [0.15, 0.2) is 5.58 Å². The van der Waals surface area contributed by atoms with E-state index in [0.717, 1.165) is 48.3 Å². The quantitative estimate of drug-likeness (QED) is 0.698. The van der Waals surface area contributed by atoms with E-state index in [4.69, 9.17) is 10.2 Å². The van der Waals surface area contributed by atoms with Crippen LogP contribution >= 0.6 is 15.9 Å². The maximum absolute atomic E-state index is 5.86. The summed E-state index contributed by atoms with van der Waals surface area (Å²) in [5.41, 5.74) is 9.46. The van der Waals surface area contributed by atoms with Crippen LogP contribution in [-0.4, -0.2) is 36.1 Å². The number of anilines is 2. The maximum atomic E-state index is 5.86. The molecule has 24 heavy (non-hydrogen) atoms. The summed E-state index contributed by atoms with van der Waals surface area (Å²) in [5.74, 6) is 0. The van der Waals surface area contributed by atoms with Crippen molar-refractivity contribution in [3.05, 3.63) is 52.5 Å². The molecule has 5 nitrogen and oxygen atoms in total. The summed E-state index contributed by atoms with van der Waals surface area (Å²) in [6.45, 7) is 4.80. The van der Waals surface area contributed by atoms with E-state index in [1.165, 1.54) is 5.56 Å². The molecule has 6 heteroatoms. The highest BCUT2D eigenvalue weighted by molar-refractivity contribution is 9.10. The number of nitrogen functional groups attached to an aromatic ring is 1. The van der Waals surface area contributed by atoms with Crippen molar-refractivity contribution < 1.29 is 4.42 Å². The van der Waals surface area contributed by atoms with Gasteiger partial charge in [-0.2, -0.15) is 4.98 Å². The van der Waals surface area contributed by atoms with Crippen molar-refractivity contribution >= 4 is 38.7 Å². The molecule has 0 unspecified atom stereocenters. The molecule has 0 radical (unpaired) electrons. The Morgan fingerprint density at radius 1 is 1.04 bits per heavy atom. The summed E-state index contributed by atoms with van der Waals surface area (Å²) < 4.78 is 6.98.